The highest BCUT2D eigenvalue weighted by molar-refractivity contribution is 5.79. The van der Waals surface area contributed by atoms with Gasteiger partial charge in [0.1, 0.15) is 11.8 Å². The molecular weight excluding hydrogens is 432 g/mol. The molecule has 1 atom stereocenters. The number of anilines is 1. The minimum atomic E-state index is 0.0496. The summed E-state index contributed by atoms with van der Waals surface area (Å²) in [6.45, 7) is 9.39. The Morgan fingerprint density at radius 2 is 2.09 bits per heavy atom. The highest BCUT2D eigenvalue weighted by Crippen LogP contribution is 2.33. The zero-order valence-corrected chi connectivity index (χ0v) is 19.4. The third-order valence-electron chi connectivity index (χ3n) is 5.87. The largest absolute Gasteiger partial charge is 0.382 e. The summed E-state index contributed by atoms with van der Waals surface area (Å²) in [5.74, 6) is 1.40. The second-order valence-corrected chi connectivity index (χ2v) is 8.53. The molecule has 0 bridgehead atoms. The van der Waals surface area contributed by atoms with Gasteiger partial charge in [0.05, 0.1) is 31.0 Å². The van der Waals surface area contributed by atoms with Crippen LogP contribution in [0.25, 0.3) is 28.1 Å². The van der Waals surface area contributed by atoms with Crippen LogP contribution in [0, 0.1) is 11.3 Å². The molecule has 0 aliphatic carbocycles. The Morgan fingerprint density at radius 3 is 2.88 bits per heavy atom. The van der Waals surface area contributed by atoms with Crippen LogP contribution in [0.5, 0.6) is 0 Å². The Labute approximate surface area is 197 Å². The Kier molecular flexibility index (Phi) is 5.96. The van der Waals surface area contributed by atoms with E-state index in [1.807, 2.05) is 12.1 Å². The lowest BCUT2D eigenvalue weighted by Gasteiger charge is -2.32. The second kappa shape index (κ2) is 9.21. The zero-order valence-electron chi connectivity index (χ0n) is 19.4. The maximum atomic E-state index is 9.13. The number of fused-ring (bicyclic) bond motifs is 1. The summed E-state index contributed by atoms with van der Waals surface area (Å²) in [4.78, 5) is 11.4. The van der Waals surface area contributed by atoms with Gasteiger partial charge in [-0.15, -0.1) is 0 Å². The Hall–Kier alpha value is -3.81. The molecule has 0 unspecified atom stereocenters. The van der Waals surface area contributed by atoms with Crippen molar-refractivity contribution < 1.29 is 9.26 Å². The maximum Gasteiger partial charge on any atom is 0.164 e. The standard InChI is InChI=1S/C24H26N8O2/c1-4-31-5-6-33-14-21(31)22-8-20(30-34-22)18-13-26-23(9-19(18)29-15(2)3)32-24-17(12-28-32)7-16(10-25)11-27-24/h7-9,11-13,15,21H,4-6,14H2,1-3H3,(H,26,29)/t21-/m0/s1. The number of ether oxygens (including phenoxy) is 1. The van der Waals surface area contributed by atoms with Crippen molar-refractivity contribution in [1.82, 2.24) is 29.8 Å². The highest BCUT2D eigenvalue weighted by Gasteiger charge is 2.27. The number of hydrogen-bond acceptors (Lipinski definition) is 9. The minimum absolute atomic E-state index is 0.0496. The van der Waals surface area contributed by atoms with Gasteiger partial charge in [-0.1, -0.05) is 12.1 Å². The van der Waals surface area contributed by atoms with Crippen molar-refractivity contribution in [3.8, 4) is 23.1 Å². The van der Waals surface area contributed by atoms with Gasteiger partial charge in [-0.2, -0.15) is 15.0 Å². The van der Waals surface area contributed by atoms with Crippen LogP contribution < -0.4 is 5.32 Å². The maximum absolute atomic E-state index is 9.13. The van der Waals surface area contributed by atoms with E-state index in [1.165, 1.54) is 6.20 Å². The van der Waals surface area contributed by atoms with Gasteiger partial charge < -0.3 is 14.6 Å². The fraction of sp³-hybridized carbons (Fsp3) is 0.375. The van der Waals surface area contributed by atoms with E-state index in [0.717, 1.165) is 42.1 Å². The Morgan fingerprint density at radius 1 is 1.21 bits per heavy atom. The van der Waals surface area contributed by atoms with Crippen LogP contribution in [0.4, 0.5) is 5.69 Å². The number of hydrogen-bond donors (Lipinski definition) is 1. The molecule has 10 heteroatoms. The van der Waals surface area contributed by atoms with Gasteiger partial charge in [0.15, 0.2) is 17.2 Å². The van der Waals surface area contributed by atoms with Gasteiger partial charge in [-0.25, -0.2) is 9.97 Å². The molecule has 0 radical (unpaired) electrons. The van der Waals surface area contributed by atoms with Crippen molar-refractivity contribution in [2.75, 3.05) is 31.6 Å². The molecule has 0 spiro atoms. The summed E-state index contributed by atoms with van der Waals surface area (Å²) in [6, 6.07) is 8.00. The molecule has 1 saturated heterocycles. The number of morpholine rings is 1. The molecule has 1 aliphatic rings. The van der Waals surface area contributed by atoms with E-state index in [-0.39, 0.29) is 12.1 Å². The summed E-state index contributed by atoms with van der Waals surface area (Å²) >= 11 is 0. The van der Waals surface area contributed by atoms with E-state index >= 15 is 0 Å². The first kappa shape index (κ1) is 22.0. The molecule has 4 aromatic rings. The lowest BCUT2D eigenvalue weighted by Crippen LogP contribution is -2.39. The molecule has 1 aliphatic heterocycles. The summed E-state index contributed by atoms with van der Waals surface area (Å²) < 4.78 is 13.1. The third-order valence-corrected chi connectivity index (χ3v) is 5.87. The molecule has 34 heavy (non-hydrogen) atoms. The lowest BCUT2D eigenvalue weighted by molar-refractivity contribution is -0.0153. The first-order valence-electron chi connectivity index (χ1n) is 11.4. The molecule has 5 heterocycles. The molecular formula is C24H26N8O2. The van der Waals surface area contributed by atoms with Crippen molar-refractivity contribution >= 4 is 16.7 Å². The summed E-state index contributed by atoms with van der Waals surface area (Å²) in [7, 11) is 0. The van der Waals surface area contributed by atoms with E-state index in [1.54, 1.807) is 23.1 Å². The second-order valence-electron chi connectivity index (χ2n) is 8.53. The average Bonchev–Trinajstić information content (AvgIpc) is 3.50. The first-order chi connectivity index (χ1) is 16.6. The van der Waals surface area contributed by atoms with Crippen LogP contribution in [-0.2, 0) is 4.74 Å². The summed E-state index contributed by atoms with van der Waals surface area (Å²) in [5.41, 5.74) is 3.54. The first-order valence-corrected chi connectivity index (χ1v) is 11.4. The summed E-state index contributed by atoms with van der Waals surface area (Å²) in [6.07, 6.45) is 4.99. The molecule has 5 rings (SSSR count). The lowest BCUT2D eigenvalue weighted by atomic mass is 10.1. The van der Waals surface area contributed by atoms with Crippen LogP contribution in [0.15, 0.2) is 41.3 Å². The van der Waals surface area contributed by atoms with E-state index in [4.69, 9.17) is 14.5 Å². The topological polar surface area (TPSA) is 118 Å². The van der Waals surface area contributed by atoms with Crippen LogP contribution in [0.2, 0.25) is 0 Å². The number of aromatic nitrogens is 5. The zero-order chi connectivity index (χ0) is 23.7. The number of nitriles is 1. The fourth-order valence-corrected chi connectivity index (χ4v) is 4.20. The van der Waals surface area contributed by atoms with Crippen molar-refractivity contribution in [2.45, 2.75) is 32.9 Å². The van der Waals surface area contributed by atoms with E-state index in [9.17, 15) is 0 Å². The molecule has 0 saturated carbocycles. The van der Waals surface area contributed by atoms with Crippen LogP contribution >= 0.6 is 0 Å². The fourth-order valence-electron chi connectivity index (χ4n) is 4.20. The number of pyridine rings is 2. The van der Waals surface area contributed by atoms with Gasteiger partial charge in [-0.3, -0.25) is 4.90 Å². The number of nitrogens with zero attached hydrogens (tertiary/aromatic N) is 7. The monoisotopic (exact) mass is 458 g/mol. The molecule has 4 aromatic heterocycles. The van der Waals surface area contributed by atoms with E-state index < -0.39 is 0 Å². The predicted octanol–water partition coefficient (Wildman–Crippen LogP) is 3.56. The van der Waals surface area contributed by atoms with Crippen LogP contribution in [-0.4, -0.2) is 62.2 Å². The minimum Gasteiger partial charge on any atom is -0.382 e. The molecule has 0 aromatic carbocycles. The smallest absolute Gasteiger partial charge is 0.164 e. The van der Waals surface area contributed by atoms with Crippen molar-refractivity contribution in [1.29, 1.82) is 5.26 Å². The quantitative estimate of drug-likeness (QED) is 0.463. The molecule has 0 amide bonds. The number of nitrogens with one attached hydrogen (secondary N) is 1. The molecule has 174 valence electrons. The SMILES string of the molecule is CCN1CCOC[C@H]1c1cc(-c2cnc(-n3ncc4cc(C#N)cnc43)cc2NC(C)C)no1. The van der Waals surface area contributed by atoms with Crippen molar-refractivity contribution in [2.24, 2.45) is 0 Å². The Bertz CT molecular complexity index is 1350. The number of rotatable bonds is 6. The highest BCUT2D eigenvalue weighted by atomic mass is 16.5. The van der Waals surface area contributed by atoms with E-state index in [2.05, 4.69) is 57.3 Å². The van der Waals surface area contributed by atoms with Gasteiger partial charge in [-0.05, 0) is 26.5 Å². The molecule has 1 N–H and O–H groups in total. The van der Waals surface area contributed by atoms with E-state index in [0.29, 0.717) is 29.3 Å². The molecule has 10 nitrogen and oxygen atoms in total. The van der Waals surface area contributed by atoms with Crippen LogP contribution in [0.3, 0.4) is 0 Å². The Balaban J connectivity index is 1.52. The predicted molar refractivity (Wildman–Crippen MR) is 126 cm³/mol. The van der Waals surface area contributed by atoms with Gasteiger partial charge in [0.2, 0.25) is 0 Å². The van der Waals surface area contributed by atoms with Gasteiger partial charge >= 0.3 is 0 Å². The average molecular weight is 459 g/mol. The van der Waals surface area contributed by atoms with Crippen LogP contribution in [0.1, 0.15) is 38.1 Å². The van der Waals surface area contributed by atoms with Crippen molar-refractivity contribution in [3.05, 3.63) is 48.1 Å². The van der Waals surface area contributed by atoms with Gasteiger partial charge in [0.25, 0.3) is 0 Å². The normalized spacial score (nSPS) is 16.7. The number of likely N-dealkylation sites (N-methyl/N-ethyl adjacent to an activating group) is 1. The summed E-state index contributed by atoms with van der Waals surface area (Å²) in [5, 5.41) is 22.2. The van der Waals surface area contributed by atoms with Gasteiger partial charge in [0, 0.05) is 53.8 Å². The molecule has 1 fully saturated rings. The van der Waals surface area contributed by atoms with Crippen molar-refractivity contribution in [3.63, 3.8) is 0 Å². The third kappa shape index (κ3) is 4.11.